The van der Waals surface area contributed by atoms with Crippen molar-refractivity contribution in [3.63, 3.8) is 0 Å². The van der Waals surface area contributed by atoms with Gasteiger partial charge in [-0.2, -0.15) is 0 Å². The van der Waals surface area contributed by atoms with Crippen molar-refractivity contribution in [2.24, 2.45) is 4.99 Å². The minimum Gasteiger partial charge on any atom is -0.493 e. The molecule has 0 fully saturated rings. The summed E-state index contributed by atoms with van der Waals surface area (Å²) in [7, 11) is 1.53. The molecule has 12 heteroatoms. The van der Waals surface area contributed by atoms with E-state index in [1.807, 2.05) is 25.1 Å². The van der Waals surface area contributed by atoms with E-state index < -0.39 is 16.9 Å². The van der Waals surface area contributed by atoms with Crippen LogP contribution in [0.25, 0.3) is 6.08 Å². The number of thiazole rings is 1. The third-order valence-corrected chi connectivity index (χ3v) is 8.06. The molecule has 3 aromatic carbocycles. The highest BCUT2D eigenvalue weighted by atomic mass is 32.1. The van der Waals surface area contributed by atoms with Gasteiger partial charge in [0.2, 0.25) is 0 Å². The van der Waals surface area contributed by atoms with E-state index in [-0.39, 0.29) is 30.0 Å². The zero-order valence-electron chi connectivity index (χ0n) is 25.1. The van der Waals surface area contributed by atoms with Crippen molar-refractivity contribution in [2.45, 2.75) is 33.4 Å². The molecule has 0 amide bonds. The molecule has 1 aliphatic rings. The number of carbonyl (C=O) groups is 1. The van der Waals surface area contributed by atoms with E-state index in [1.54, 1.807) is 56.3 Å². The van der Waals surface area contributed by atoms with Gasteiger partial charge in [-0.3, -0.25) is 19.5 Å². The third-order valence-electron chi connectivity index (χ3n) is 7.08. The number of nitrogens with zero attached hydrogens (tertiary/aromatic N) is 3. The summed E-state index contributed by atoms with van der Waals surface area (Å²) in [4.78, 5) is 43.1. The number of nitro benzene ring substituents is 1. The molecule has 5 rings (SSSR count). The van der Waals surface area contributed by atoms with Crippen molar-refractivity contribution in [3.8, 4) is 17.2 Å². The van der Waals surface area contributed by atoms with Gasteiger partial charge in [-0.05, 0) is 56.7 Å². The summed E-state index contributed by atoms with van der Waals surface area (Å²) in [6.07, 6.45) is 1.73. The number of aromatic nitrogens is 1. The highest BCUT2D eigenvalue weighted by Crippen LogP contribution is 2.40. The van der Waals surface area contributed by atoms with Crippen molar-refractivity contribution in [1.29, 1.82) is 0 Å². The van der Waals surface area contributed by atoms with Crippen LogP contribution >= 0.6 is 11.3 Å². The predicted molar refractivity (Wildman–Crippen MR) is 168 cm³/mol. The maximum Gasteiger partial charge on any atom is 0.338 e. The highest BCUT2D eigenvalue weighted by molar-refractivity contribution is 7.07. The Balaban J connectivity index is 1.61. The van der Waals surface area contributed by atoms with E-state index in [1.165, 1.54) is 35.1 Å². The lowest BCUT2D eigenvalue weighted by Gasteiger charge is -2.26. The Morgan fingerprint density at radius 1 is 1.02 bits per heavy atom. The normalized spacial score (nSPS) is 14.4. The van der Waals surface area contributed by atoms with Crippen LogP contribution in [0, 0.1) is 10.1 Å². The zero-order valence-corrected chi connectivity index (χ0v) is 26.0. The molecule has 0 bridgehead atoms. The fraction of sp³-hybridized carbons (Fsp3) is 0.242. The third kappa shape index (κ3) is 6.36. The molecule has 1 aromatic heterocycles. The summed E-state index contributed by atoms with van der Waals surface area (Å²) < 4.78 is 24.9. The van der Waals surface area contributed by atoms with E-state index in [0.29, 0.717) is 50.0 Å². The molecule has 0 saturated carbocycles. The number of ether oxygens (including phenoxy) is 4. The summed E-state index contributed by atoms with van der Waals surface area (Å²) in [5.74, 6) is 0.832. The Morgan fingerprint density at radius 3 is 2.44 bits per heavy atom. The molecule has 1 atom stereocenters. The average molecular weight is 630 g/mol. The van der Waals surface area contributed by atoms with Crippen LogP contribution in [-0.2, 0) is 16.1 Å². The topological polar surface area (TPSA) is 131 Å². The maximum absolute atomic E-state index is 14.2. The predicted octanol–water partition coefficient (Wildman–Crippen LogP) is 4.69. The summed E-state index contributed by atoms with van der Waals surface area (Å²) >= 11 is 1.19. The number of hydrogen-bond donors (Lipinski definition) is 0. The van der Waals surface area contributed by atoms with E-state index >= 15 is 0 Å². The smallest absolute Gasteiger partial charge is 0.338 e. The van der Waals surface area contributed by atoms with Gasteiger partial charge in [0.25, 0.3) is 11.2 Å². The molecule has 1 aliphatic heterocycles. The molecule has 4 aromatic rings. The van der Waals surface area contributed by atoms with E-state index in [4.69, 9.17) is 18.9 Å². The Hall–Kier alpha value is -5.23. The largest absolute Gasteiger partial charge is 0.493 e. The van der Waals surface area contributed by atoms with Gasteiger partial charge in [0.1, 0.15) is 18.4 Å². The summed E-state index contributed by atoms with van der Waals surface area (Å²) in [6.45, 7) is 5.94. The Labute approximate surface area is 262 Å². The van der Waals surface area contributed by atoms with Gasteiger partial charge in [0, 0.05) is 23.3 Å². The van der Waals surface area contributed by atoms with Gasteiger partial charge < -0.3 is 18.9 Å². The van der Waals surface area contributed by atoms with Crippen LogP contribution in [-0.4, -0.2) is 35.8 Å². The monoisotopic (exact) mass is 629 g/mol. The number of hydrogen-bond acceptors (Lipinski definition) is 10. The Bertz CT molecular complexity index is 1960. The van der Waals surface area contributed by atoms with Crippen LogP contribution in [0.15, 0.2) is 87.8 Å². The molecule has 232 valence electrons. The summed E-state index contributed by atoms with van der Waals surface area (Å²) in [5.41, 5.74) is 2.28. The number of non-ortho nitro benzene ring substituents is 1. The number of carbonyl (C=O) groups excluding carboxylic acids is 1. The lowest BCUT2D eigenvalue weighted by Crippen LogP contribution is -2.40. The Morgan fingerprint density at radius 2 is 1.76 bits per heavy atom. The number of benzene rings is 3. The van der Waals surface area contributed by atoms with Crippen LogP contribution < -0.4 is 29.1 Å². The SMILES string of the molecule is CCOC(=O)C1=C(C)N=c2s/c(=C/c3ccccc3OCc3ccc([N+](=O)[O-])cc3)c(=O)n2[C@H]1c1cccc(OC)c1OCC. The van der Waals surface area contributed by atoms with Crippen LogP contribution in [0.3, 0.4) is 0 Å². The van der Waals surface area contributed by atoms with Gasteiger partial charge in [-0.1, -0.05) is 41.7 Å². The fourth-order valence-electron chi connectivity index (χ4n) is 5.04. The van der Waals surface area contributed by atoms with Crippen molar-refractivity contribution < 1.29 is 28.7 Å². The highest BCUT2D eigenvalue weighted by Gasteiger charge is 2.36. The van der Waals surface area contributed by atoms with Crippen molar-refractivity contribution in [3.05, 3.63) is 124 Å². The van der Waals surface area contributed by atoms with Crippen LogP contribution in [0.1, 0.15) is 43.5 Å². The first-order valence-corrected chi connectivity index (χ1v) is 15.0. The first kappa shape index (κ1) is 31.2. The first-order chi connectivity index (χ1) is 21.8. The summed E-state index contributed by atoms with van der Waals surface area (Å²) in [5, 5.41) is 11.0. The van der Waals surface area contributed by atoms with Crippen LogP contribution in [0.2, 0.25) is 0 Å². The van der Waals surface area contributed by atoms with Gasteiger partial charge >= 0.3 is 5.97 Å². The van der Waals surface area contributed by atoms with Gasteiger partial charge in [0.15, 0.2) is 16.3 Å². The average Bonchev–Trinajstić information content (AvgIpc) is 3.34. The minimum atomic E-state index is -0.882. The molecule has 11 nitrogen and oxygen atoms in total. The summed E-state index contributed by atoms with van der Waals surface area (Å²) in [6, 6.07) is 17.8. The van der Waals surface area contributed by atoms with Crippen molar-refractivity contribution in [1.82, 2.24) is 4.57 Å². The molecule has 0 N–H and O–H groups in total. The number of methoxy groups -OCH3 is 1. The van der Waals surface area contributed by atoms with Crippen LogP contribution in [0.4, 0.5) is 5.69 Å². The first-order valence-electron chi connectivity index (χ1n) is 14.2. The Kier molecular flexibility index (Phi) is 9.43. The van der Waals surface area contributed by atoms with Gasteiger partial charge in [-0.25, -0.2) is 9.79 Å². The van der Waals surface area contributed by atoms with E-state index in [9.17, 15) is 19.7 Å². The molecule has 0 spiro atoms. The molecule has 0 unspecified atom stereocenters. The number of para-hydroxylation sites is 2. The second-order valence-corrected chi connectivity index (χ2v) is 10.9. The molecule has 45 heavy (non-hydrogen) atoms. The zero-order chi connectivity index (χ0) is 32.1. The van der Waals surface area contributed by atoms with E-state index in [0.717, 1.165) is 5.56 Å². The quantitative estimate of drug-likeness (QED) is 0.133. The molecule has 0 radical (unpaired) electrons. The standard InChI is InChI=1S/C33H31N3O8S/c1-5-42-30-24(11-9-13-26(30)41-4)29-28(32(38)43-6-2)20(3)34-33-35(29)31(37)27(45-33)18-22-10-7-8-12-25(22)44-19-21-14-16-23(17-15-21)36(39)40/h7-18,29H,5-6,19H2,1-4H3/b27-18+/t29-/m0/s1. The van der Waals surface area contributed by atoms with Gasteiger partial charge in [0.05, 0.1) is 41.0 Å². The fourth-order valence-corrected chi connectivity index (χ4v) is 6.08. The lowest BCUT2D eigenvalue weighted by atomic mass is 9.94. The minimum absolute atomic E-state index is 0.00324. The molecular weight excluding hydrogens is 598 g/mol. The number of allylic oxidation sites excluding steroid dienone is 1. The molecule has 0 saturated heterocycles. The molecule has 2 heterocycles. The lowest BCUT2D eigenvalue weighted by molar-refractivity contribution is -0.384. The number of rotatable bonds is 11. The van der Waals surface area contributed by atoms with Crippen LogP contribution in [0.5, 0.6) is 17.2 Å². The second kappa shape index (κ2) is 13.6. The van der Waals surface area contributed by atoms with Gasteiger partial charge in [-0.15, -0.1) is 0 Å². The number of fused-ring (bicyclic) bond motifs is 1. The number of nitro groups is 1. The molecule has 0 aliphatic carbocycles. The second-order valence-electron chi connectivity index (χ2n) is 9.86. The van der Waals surface area contributed by atoms with E-state index in [2.05, 4.69) is 4.99 Å². The van der Waals surface area contributed by atoms with Crippen molar-refractivity contribution >= 4 is 29.1 Å². The molecular formula is C33H31N3O8S. The maximum atomic E-state index is 14.2. The van der Waals surface area contributed by atoms with Crippen molar-refractivity contribution in [2.75, 3.05) is 20.3 Å². The number of esters is 1.